The van der Waals surface area contributed by atoms with E-state index in [1.54, 1.807) is 18.2 Å². The first kappa shape index (κ1) is 23.5. The average molecular weight is 443 g/mol. The molecule has 6 nitrogen and oxygen atoms in total. The van der Waals surface area contributed by atoms with Crippen LogP contribution in [0.2, 0.25) is 0 Å². The summed E-state index contributed by atoms with van der Waals surface area (Å²) in [6, 6.07) is 23.3. The van der Waals surface area contributed by atoms with Gasteiger partial charge in [-0.25, -0.2) is 0 Å². The number of amides is 2. The largest absolute Gasteiger partial charge is 0.481 e. The van der Waals surface area contributed by atoms with Gasteiger partial charge in [-0.3, -0.25) is 14.4 Å². The Bertz CT molecular complexity index is 1110. The van der Waals surface area contributed by atoms with Crippen LogP contribution in [-0.2, 0) is 16.1 Å². The first-order valence-electron chi connectivity index (χ1n) is 10.6. The van der Waals surface area contributed by atoms with E-state index in [9.17, 15) is 14.4 Å². The Morgan fingerprint density at radius 2 is 1.48 bits per heavy atom. The monoisotopic (exact) mass is 442 g/mol. The summed E-state index contributed by atoms with van der Waals surface area (Å²) >= 11 is 0. The number of carbonyl (C=O) groups excluding carboxylic acids is 2. The molecule has 168 valence electrons. The highest BCUT2D eigenvalue weighted by Crippen LogP contribution is 2.21. The van der Waals surface area contributed by atoms with E-state index in [4.69, 9.17) is 5.11 Å². The first-order valence-corrected chi connectivity index (χ1v) is 10.6. The summed E-state index contributed by atoms with van der Waals surface area (Å²) in [7, 11) is 0. The Balaban J connectivity index is 1.66. The maximum Gasteiger partial charge on any atom is 0.303 e. The molecule has 0 spiro atoms. The molecule has 0 bridgehead atoms. The minimum Gasteiger partial charge on any atom is -0.481 e. The zero-order chi connectivity index (χ0) is 23.6. The molecule has 3 rings (SSSR count). The van der Waals surface area contributed by atoms with Gasteiger partial charge >= 0.3 is 5.97 Å². The second kappa shape index (κ2) is 11.4. The molecule has 0 aromatic heterocycles. The normalized spacial score (nSPS) is 11.3. The number of benzene rings is 3. The summed E-state index contributed by atoms with van der Waals surface area (Å²) in [5.41, 5.74) is 4.27. The lowest BCUT2D eigenvalue weighted by atomic mass is 10.0. The second-order valence-electron chi connectivity index (χ2n) is 7.57. The fourth-order valence-electron chi connectivity index (χ4n) is 3.31. The van der Waals surface area contributed by atoms with E-state index in [1.807, 2.05) is 66.7 Å². The van der Waals surface area contributed by atoms with Crippen molar-refractivity contribution in [2.45, 2.75) is 25.4 Å². The fraction of sp³-hybridized carbons (Fsp3) is 0.148. The number of hydrogen-bond acceptors (Lipinski definition) is 3. The molecule has 3 N–H and O–H groups in total. The lowest BCUT2D eigenvalue weighted by Gasteiger charge is -2.18. The summed E-state index contributed by atoms with van der Waals surface area (Å²) in [5, 5.41) is 14.5. The average Bonchev–Trinajstić information content (AvgIpc) is 2.85. The molecule has 0 unspecified atom stereocenters. The highest BCUT2D eigenvalue weighted by atomic mass is 16.4. The third-order valence-electron chi connectivity index (χ3n) is 5.21. The van der Waals surface area contributed by atoms with Gasteiger partial charge in [-0.1, -0.05) is 79.4 Å². The third kappa shape index (κ3) is 6.90. The Morgan fingerprint density at radius 1 is 0.879 bits per heavy atom. The number of aliphatic carboxylic acids is 1. The maximum absolute atomic E-state index is 12.8. The van der Waals surface area contributed by atoms with Gasteiger partial charge in [0.15, 0.2) is 0 Å². The van der Waals surface area contributed by atoms with E-state index < -0.39 is 23.8 Å². The molecule has 0 radical (unpaired) electrons. The van der Waals surface area contributed by atoms with E-state index in [1.165, 1.54) is 0 Å². The maximum atomic E-state index is 12.8. The SMILES string of the molecule is C=Cc1ccc(-c2ccc(C(=O)N[C@@H](CCC(=O)O)C(=O)NCc3ccccc3)cc2)cc1. The predicted octanol–water partition coefficient (Wildman–Crippen LogP) is 4.28. The zero-order valence-corrected chi connectivity index (χ0v) is 18.2. The van der Waals surface area contributed by atoms with Gasteiger partial charge in [0, 0.05) is 18.5 Å². The van der Waals surface area contributed by atoms with Crippen molar-refractivity contribution in [2.75, 3.05) is 0 Å². The van der Waals surface area contributed by atoms with Crippen molar-refractivity contribution in [1.82, 2.24) is 10.6 Å². The van der Waals surface area contributed by atoms with Crippen LogP contribution >= 0.6 is 0 Å². The van der Waals surface area contributed by atoms with Crippen LogP contribution in [0.4, 0.5) is 0 Å². The Morgan fingerprint density at radius 3 is 2.06 bits per heavy atom. The van der Waals surface area contributed by atoms with Gasteiger partial charge in [0.2, 0.25) is 5.91 Å². The van der Waals surface area contributed by atoms with Crippen molar-refractivity contribution in [2.24, 2.45) is 0 Å². The highest BCUT2D eigenvalue weighted by molar-refractivity contribution is 5.98. The van der Waals surface area contributed by atoms with Gasteiger partial charge in [-0.2, -0.15) is 0 Å². The molecular formula is C27H26N2O4. The van der Waals surface area contributed by atoms with E-state index >= 15 is 0 Å². The van der Waals surface area contributed by atoms with Crippen LogP contribution < -0.4 is 10.6 Å². The van der Waals surface area contributed by atoms with Gasteiger partial charge < -0.3 is 15.7 Å². The second-order valence-corrected chi connectivity index (χ2v) is 7.57. The lowest BCUT2D eigenvalue weighted by molar-refractivity contribution is -0.137. The Kier molecular flexibility index (Phi) is 8.13. The van der Waals surface area contributed by atoms with Gasteiger partial charge in [-0.05, 0) is 40.8 Å². The predicted molar refractivity (Wildman–Crippen MR) is 128 cm³/mol. The molecule has 3 aromatic carbocycles. The minimum atomic E-state index is -1.03. The Hall–Kier alpha value is -4.19. The van der Waals surface area contributed by atoms with Crippen LogP contribution in [0.1, 0.15) is 34.3 Å². The lowest BCUT2D eigenvalue weighted by Crippen LogP contribution is -2.46. The molecule has 0 saturated heterocycles. The highest BCUT2D eigenvalue weighted by Gasteiger charge is 2.22. The smallest absolute Gasteiger partial charge is 0.303 e. The molecule has 3 aromatic rings. The molecule has 0 aliphatic rings. The van der Waals surface area contributed by atoms with Crippen molar-refractivity contribution < 1.29 is 19.5 Å². The number of nitrogens with one attached hydrogen (secondary N) is 2. The Labute approximate surface area is 193 Å². The molecule has 0 saturated carbocycles. The van der Waals surface area contributed by atoms with E-state index in [0.717, 1.165) is 22.3 Å². The van der Waals surface area contributed by atoms with Gasteiger partial charge in [0.25, 0.3) is 5.91 Å². The van der Waals surface area contributed by atoms with Crippen LogP contribution in [0.3, 0.4) is 0 Å². The molecular weight excluding hydrogens is 416 g/mol. The fourth-order valence-corrected chi connectivity index (χ4v) is 3.31. The molecule has 0 fully saturated rings. The van der Waals surface area contributed by atoms with Crippen molar-refractivity contribution >= 4 is 23.9 Å². The van der Waals surface area contributed by atoms with E-state index in [-0.39, 0.29) is 12.8 Å². The molecule has 2 amide bonds. The van der Waals surface area contributed by atoms with Crippen LogP contribution in [0.5, 0.6) is 0 Å². The molecule has 0 aliphatic carbocycles. The van der Waals surface area contributed by atoms with Crippen LogP contribution in [0.25, 0.3) is 17.2 Å². The molecule has 33 heavy (non-hydrogen) atoms. The number of carboxylic acid groups (broad SMARTS) is 1. The summed E-state index contributed by atoms with van der Waals surface area (Å²) in [5.74, 6) is -1.89. The van der Waals surface area contributed by atoms with Gasteiger partial charge in [0.1, 0.15) is 6.04 Å². The number of rotatable bonds is 10. The van der Waals surface area contributed by atoms with Crippen LogP contribution in [0.15, 0.2) is 85.4 Å². The minimum absolute atomic E-state index is 0.00453. The third-order valence-corrected chi connectivity index (χ3v) is 5.21. The van der Waals surface area contributed by atoms with Crippen molar-refractivity contribution in [3.8, 4) is 11.1 Å². The quantitative estimate of drug-likeness (QED) is 0.437. The van der Waals surface area contributed by atoms with E-state index in [2.05, 4.69) is 17.2 Å². The van der Waals surface area contributed by atoms with Crippen LogP contribution in [-0.4, -0.2) is 28.9 Å². The number of carboxylic acids is 1. The van der Waals surface area contributed by atoms with Crippen molar-refractivity contribution in [3.05, 3.63) is 102 Å². The summed E-state index contributed by atoms with van der Waals surface area (Å²) in [6.07, 6.45) is 1.53. The van der Waals surface area contributed by atoms with Crippen molar-refractivity contribution in [3.63, 3.8) is 0 Å². The number of hydrogen-bond donors (Lipinski definition) is 3. The van der Waals surface area contributed by atoms with Gasteiger partial charge in [-0.15, -0.1) is 0 Å². The zero-order valence-electron chi connectivity index (χ0n) is 18.2. The van der Waals surface area contributed by atoms with Crippen LogP contribution in [0, 0.1) is 0 Å². The standard InChI is InChI=1S/C27H26N2O4/c1-2-19-8-10-21(11-9-19)22-12-14-23(15-13-22)26(32)29-24(16-17-25(30)31)27(33)28-18-20-6-4-3-5-7-20/h2-15,24H,1,16-18H2,(H,28,33)(H,29,32)(H,30,31)/t24-/m0/s1. The molecule has 6 heteroatoms. The number of carbonyl (C=O) groups is 3. The van der Waals surface area contributed by atoms with Crippen molar-refractivity contribution in [1.29, 1.82) is 0 Å². The topological polar surface area (TPSA) is 95.5 Å². The molecule has 1 atom stereocenters. The summed E-state index contributed by atoms with van der Waals surface area (Å²) in [6.45, 7) is 4.03. The summed E-state index contributed by atoms with van der Waals surface area (Å²) < 4.78 is 0. The molecule has 0 heterocycles. The summed E-state index contributed by atoms with van der Waals surface area (Å²) in [4.78, 5) is 36.4. The van der Waals surface area contributed by atoms with E-state index in [0.29, 0.717) is 12.1 Å². The van der Waals surface area contributed by atoms with Gasteiger partial charge in [0.05, 0.1) is 0 Å². The first-order chi connectivity index (χ1) is 16.0. The molecule has 0 aliphatic heterocycles.